The normalized spacial score (nSPS) is 19.4. The number of amides is 1. The molecule has 1 amide bonds. The smallest absolute Gasteiger partial charge is 0.223 e. The van der Waals surface area contributed by atoms with Crippen LogP contribution in [-0.2, 0) is 11.3 Å². The van der Waals surface area contributed by atoms with Crippen molar-refractivity contribution in [3.8, 4) is 22.4 Å². The molecule has 0 spiro atoms. The van der Waals surface area contributed by atoms with Crippen molar-refractivity contribution in [2.24, 2.45) is 5.92 Å². The number of hydrogen-bond donors (Lipinski definition) is 3. The first-order valence-electron chi connectivity index (χ1n) is 16.6. The lowest BCUT2D eigenvalue weighted by Crippen LogP contribution is -2.40. The van der Waals surface area contributed by atoms with Gasteiger partial charge in [0.15, 0.2) is 0 Å². The van der Waals surface area contributed by atoms with E-state index in [-0.39, 0.29) is 11.9 Å². The number of nitrogens with one attached hydrogen (secondary N) is 3. The lowest BCUT2D eigenvalue weighted by Gasteiger charge is -2.34. The number of carbonyl (C=O) groups is 1. The van der Waals surface area contributed by atoms with Gasteiger partial charge in [-0.3, -0.25) is 4.79 Å². The van der Waals surface area contributed by atoms with Crippen molar-refractivity contribution in [2.75, 3.05) is 6.54 Å². The second-order valence-electron chi connectivity index (χ2n) is 12.9. The predicted molar refractivity (Wildman–Crippen MR) is 182 cm³/mol. The number of rotatable bonds is 9. The fourth-order valence-electron chi connectivity index (χ4n) is 7.77. The Balaban J connectivity index is 1.05. The second kappa shape index (κ2) is 11.5. The number of carbonyl (C=O) groups excluding carboxylic acids is 1. The van der Waals surface area contributed by atoms with Gasteiger partial charge in [0.1, 0.15) is 11.6 Å². The number of aromatic amines is 2. The van der Waals surface area contributed by atoms with E-state index >= 15 is 0 Å². The molecule has 2 aromatic heterocycles. The molecular formula is C38H40N6O. The summed E-state index contributed by atoms with van der Waals surface area (Å²) in [5, 5.41) is 8.18. The van der Waals surface area contributed by atoms with Crippen molar-refractivity contribution in [1.82, 2.24) is 30.2 Å². The predicted octanol–water partition coefficient (Wildman–Crippen LogP) is 8.28. The van der Waals surface area contributed by atoms with Crippen molar-refractivity contribution in [3.63, 3.8) is 0 Å². The zero-order chi connectivity index (χ0) is 30.5. The molecule has 7 nitrogen and oxygen atoms in total. The van der Waals surface area contributed by atoms with Crippen LogP contribution in [0.4, 0.5) is 0 Å². The van der Waals surface area contributed by atoms with Crippen LogP contribution >= 0.6 is 0 Å². The first-order valence-corrected chi connectivity index (χ1v) is 16.6. The summed E-state index contributed by atoms with van der Waals surface area (Å²) in [6.45, 7) is 5.99. The van der Waals surface area contributed by atoms with E-state index in [1.807, 2.05) is 6.20 Å². The Bertz CT molecular complexity index is 2040. The number of H-pyrrole nitrogens is 2. The van der Waals surface area contributed by atoms with Gasteiger partial charge >= 0.3 is 0 Å². The Labute approximate surface area is 263 Å². The Morgan fingerprint density at radius 2 is 1.64 bits per heavy atom. The highest BCUT2D eigenvalue weighted by atomic mass is 16.2. The van der Waals surface area contributed by atoms with Gasteiger partial charge in [-0.05, 0) is 96.1 Å². The third-order valence-corrected chi connectivity index (χ3v) is 9.93. The SMILES string of the molecule is CCCNCc1nc2c(ccc3cc(-c4ccc5cc(-c6cnc(C7C8CCC(C8)N7C(=O)CCC)[nH]6)ccc5c4)ccc32)[nH]1. The van der Waals surface area contributed by atoms with E-state index < -0.39 is 0 Å². The molecule has 8 rings (SSSR count). The van der Waals surface area contributed by atoms with E-state index in [1.54, 1.807) is 0 Å². The molecular weight excluding hydrogens is 556 g/mol. The fraction of sp³-hybridized carbons (Fsp3) is 0.342. The number of benzene rings is 4. The van der Waals surface area contributed by atoms with Crippen LogP contribution in [0.15, 0.2) is 72.9 Å². The Morgan fingerprint density at radius 3 is 2.47 bits per heavy atom. The van der Waals surface area contributed by atoms with Crippen LogP contribution in [0.5, 0.6) is 0 Å². The number of nitrogens with zero attached hydrogens (tertiary/aromatic N) is 3. The standard InChI is InChI=1S/C38H40N6O/c1-3-5-35(45)44-30-13-10-29(20-30)37(44)38-40-21-33(42-38)28-9-8-24-17-23(6-7-25(24)19-28)26-11-14-31-27(18-26)12-15-32-36(31)43-34(41-32)22-39-16-4-2/h6-9,11-12,14-15,17-19,21,29-30,37,39H,3-5,10,13,16,20,22H2,1-2H3,(H,40,42)(H,41,43). The average Bonchev–Trinajstić information content (AvgIpc) is 3.88. The molecule has 1 saturated carbocycles. The minimum atomic E-state index is 0.0792. The summed E-state index contributed by atoms with van der Waals surface area (Å²) in [4.78, 5) is 32.0. The van der Waals surface area contributed by atoms with Crippen molar-refractivity contribution in [2.45, 2.75) is 71.0 Å². The van der Waals surface area contributed by atoms with Crippen molar-refractivity contribution >= 4 is 38.5 Å². The van der Waals surface area contributed by atoms with Crippen LogP contribution in [0, 0.1) is 5.92 Å². The first-order chi connectivity index (χ1) is 22.1. The lowest BCUT2D eigenvalue weighted by molar-refractivity contribution is -0.136. The van der Waals surface area contributed by atoms with E-state index in [0.29, 0.717) is 18.4 Å². The maximum absolute atomic E-state index is 13.0. The van der Waals surface area contributed by atoms with Crippen LogP contribution in [-0.4, -0.2) is 43.3 Å². The summed E-state index contributed by atoms with van der Waals surface area (Å²) < 4.78 is 0. The van der Waals surface area contributed by atoms with E-state index in [2.05, 4.69) is 101 Å². The molecule has 228 valence electrons. The van der Waals surface area contributed by atoms with E-state index in [1.165, 1.54) is 39.1 Å². The van der Waals surface area contributed by atoms with Gasteiger partial charge in [0.25, 0.3) is 0 Å². The highest BCUT2D eigenvalue weighted by molar-refractivity contribution is 6.05. The van der Waals surface area contributed by atoms with E-state index in [9.17, 15) is 4.79 Å². The molecule has 2 aliphatic rings. The topological polar surface area (TPSA) is 89.7 Å². The van der Waals surface area contributed by atoms with Crippen molar-refractivity contribution < 1.29 is 4.79 Å². The summed E-state index contributed by atoms with van der Waals surface area (Å²) in [5.41, 5.74) is 6.61. The van der Waals surface area contributed by atoms with E-state index in [4.69, 9.17) is 9.97 Å². The molecule has 1 saturated heterocycles. The molecule has 3 unspecified atom stereocenters. The highest BCUT2D eigenvalue weighted by Gasteiger charge is 2.49. The summed E-state index contributed by atoms with van der Waals surface area (Å²) in [5.74, 6) is 2.70. The van der Waals surface area contributed by atoms with Gasteiger partial charge in [-0.1, -0.05) is 56.3 Å². The zero-order valence-corrected chi connectivity index (χ0v) is 26.1. The Morgan fingerprint density at radius 1 is 0.889 bits per heavy atom. The molecule has 3 N–H and O–H groups in total. The third kappa shape index (κ3) is 4.99. The summed E-state index contributed by atoms with van der Waals surface area (Å²) in [6.07, 6.45) is 7.96. The minimum absolute atomic E-state index is 0.0792. The number of aromatic nitrogens is 4. The van der Waals surface area contributed by atoms with Crippen LogP contribution in [0.3, 0.4) is 0 Å². The molecule has 0 radical (unpaired) electrons. The number of piperidine rings is 1. The first kappa shape index (κ1) is 28.0. The Hall–Kier alpha value is -4.49. The molecule has 45 heavy (non-hydrogen) atoms. The van der Waals surface area contributed by atoms with Gasteiger partial charge in [0, 0.05) is 23.4 Å². The second-order valence-corrected chi connectivity index (χ2v) is 12.9. The maximum atomic E-state index is 13.0. The largest absolute Gasteiger partial charge is 0.341 e. The van der Waals surface area contributed by atoms with Crippen LogP contribution in [0.1, 0.15) is 70.1 Å². The van der Waals surface area contributed by atoms with Crippen LogP contribution in [0.2, 0.25) is 0 Å². The van der Waals surface area contributed by atoms with Gasteiger partial charge in [0.2, 0.25) is 5.91 Å². The summed E-state index contributed by atoms with van der Waals surface area (Å²) in [6, 6.07) is 24.8. The molecule has 2 fully saturated rings. The summed E-state index contributed by atoms with van der Waals surface area (Å²) >= 11 is 0. The van der Waals surface area contributed by atoms with Gasteiger partial charge in [-0.25, -0.2) is 9.97 Å². The van der Waals surface area contributed by atoms with Gasteiger partial charge in [-0.15, -0.1) is 0 Å². The van der Waals surface area contributed by atoms with Crippen molar-refractivity contribution in [1.29, 1.82) is 0 Å². The lowest BCUT2D eigenvalue weighted by atomic mass is 9.97. The number of hydrogen-bond acceptors (Lipinski definition) is 4. The third-order valence-electron chi connectivity index (χ3n) is 9.93. The molecule has 6 aromatic rings. The van der Waals surface area contributed by atoms with Crippen LogP contribution < -0.4 is 5.32 Å². The molecule has 3 heterocycles. The molecule has 2 bridgehead atoms. The van der Waals surface area contributed by atoms with Gasteiger partial charge in [-0.2, -0.15) is 0 Å². The molecule has 3 atom stereocenters. The van der Waals surface area contributed by atoms with Crippen LogP contribution in [0.25, 0.3) is 55.0 Å². The molecule has 1 aliphatic heterocycles. The molecule has 7 heteroatoms. The fourth-order valence-corrected chi connectivity index (χ4v) is 7.77. The van der Waals surface area contributed by atoms with Crippen molar-refractivity contribution in [3.05, 3.63) is 84.6 Å². The van der Waals surface area contributed by atoms with E-state index in [0.717, 1.165) is 72.7 Å². The monoisotopic (exact) mass is 596 g/mol. The number of fused-ring (bicyclic) bond motifs is 6. The molecule has 4 aromatic carbocycles. The number of likely N-dealkylation sites (tertiary alicyclic amines) is 1. The quantitative estimate of drug-likeness (QED) is 0.147. The average molecular weight is 597 g/mol. The maximum Gasteiger partial charge on any atom is 0.223 e. The minimum Gasteiger partial charge on any atom is -0.341 e. The number of imidazole rings is 2. The molecule has 1 aliphatic carbocycles. The van der Waals surface area contributed by atoms with Gasteiger partial charge < -0.3 is 20.2 Å². The van der Waals surface area contributed by atoms with Gasteiger partial charge in [0.05, 0.1) is 35.5 Å². The Kier molecular flexibility index (Phi) is 7.13. The highest BCUT2D eigenvalue weighted by Crippen LogP contribution is 2.50. The zero-order valence-electron chi connectivity index (χ0n) is 26.1. The summed E-state index contributed by atoms with van der Waals surface area (Å²) in [7, 11) is 0.